The highest BCUT2D eigenvalue weighted by Crippen LogP contribution is 2.39. The van der Waals surface area contributed by atoms with E-state index in [1.807, 2.05) is 30.2 Å². The second-order valence-corrected chi connectivity index (χ2v) is 6.83. The molecule has 3 aromatic heterocycles. The number of nitrogens with zero attached hydrogens (tertiary/aromatic N) is 5. The van der Waals surface area contributed by atoms with Gasteiger partial charge in [0, 0.05) is 26.0 Å². The summed E-state index contributed by atoms with van der Waals surface area (Å²) in [5, 5.41) is 5.56. The fraction of sp³-hybridized carbons (Fsp3) is 0.438. The number of thiazole rings is 1. The summed E-state index contributed by atoms with van der Waals surface area (Å²) >= 11 is 1.76. The van der Waals surface area contributed by atoms with Gasteiger partial charge >= 0.3 is 0 Å². The molecule has 1 fully saturated rings. The highest BCUT2D eigenvalue weighted by molar-refractivity contribution is 7.22. The normalized spacial score (nSPS) is 19.0. The SMILES string of the molecule is Cc1nn(C)c2nc(N3CCCCC3c3cccnc3)sc12. The predicted octanol–water partition coefficient (Wildman–Crippen LogP) is 3.46. The summed E-state index contributed by atoms with van der Waals surface area (Å²) in [4.78, 5) is 11.6. The van der Waals surface area contributed by atoms with Gasteiger partial charge in [0.1, 0.15) is 0 Å². The Balaban J connectivity index is 1.75. The molecule has 1 atom stereocenters. The van der Waals surface area contributed by atoms with Crippen LogP contribution >= 0.6 is 11.3 Å². The van der Waals surface area contributed by atoms with Crippen LogP contribution in [0.2, 0.25) is 0 Å². The van der Waals surface area contributed by atoms with E-state index in [0.717, 1.165) is 23.0 Å². The molecule has 0 saturated carbocycles. The van der Waals surface area contributed by atoms with Crippen molar-refractivity contribution < 1.29 is 0 Å². The van der Waals surface area contributed by atoms with E-state index in [9.17, 15) is 0 Å². The van der Waals surface area contributed by atoms with Gasteiger partial charge in [0.05, 0.1) is 16.4 Å². The highest BCUT2D eigenvalue weighted by Gasteiger charge is 2.27. The quantitative estimate of drug-likeness (QED) is 0.727. The van der Waals surface area contributed by atoms with E-state index in [1.54, 1.807) is 11.3 Å². The summed E-state index contributed by atoms with van der Waals surface area (Å²) < 4.78 is 3.08. The molecule has 0 aromatic carbocycles. The molecule has 5 nitrogen and oxygen atoms in total. The summed E-state index contributed by atoms with van der Waals surface area (Å²) in [5.74, 6) is 0. The second-order valence-electron chi connectivity index (χ2n) is 5.85. The van der Waals surface area contributed by atoms with E-state index in [-0.39, 0.29) is 0 Å². The van der Waals surface area contributed by atoms with Crippen LogP contribution in [0.15, 0.2) is 24.5 Å². The zero-order chi connectivity index (χ0) is 15.1. The van der Waals surface area contributed by atoms with Crippen molar-refractivity contribution in [2.75, 3.05) is 11.4 Å². The van der Waals surface area contributed by atoms with Gasteiger partial charge < -0.3 is 4.90 Å². The number of hydrogen-bond donors (Lipinski definition) is 0. The molecule has 1 unspecified atom stereocenters. The summed E-state index contributed by atoms with van der Waals surface area (Å²) in [6.45, 7) is 3.12. The molecule has 1 aliphatic rings. The number of aromatic nitrogens is 4. The number of hydrogen-bond acceptors (Lipinski definition) is 5. The molecule has 6 heteroatoms. The maximum absolute atomic E-state index is 4.86. The molecule has 3 aromatic rings. The molecule has 1 saturated heterocycles. The predicted molar refractivity (Wildman–Crippen MR) is 89.3 cm³/mol. The lowest BCUT2D eigenvalue weighted by Gasteiger charge is -2.35. The Hall–Kier alpha value is -1.95. The number of pyridine rings is 1. The minimum atomic E-state index is 0.385. The van der Waals surface area contributed by atoms with Gasteiger partial charge in [-0.05, 0) is 37.8 Å². The van der Waals surface area contributed by atoms with Crippen molar-refractivity contribution in [3.05, 3.63) is 35.8 Å². The van der Waals surface area contributed by atoms with Crippen LogP contribution in [-0.4, -0.2) is 26.3 Å². The first-order valence-electron chi connectivity index (χ1n) is 7.71. The first-order valence-corrected chi connectivity index (χ1v) is 8.52. The molecule has 0 amide bonds. The first-order chi connectivity index (χ1) is 10.7. The third-order valence-electron chi connectivity index (χ3n) is 4.35. The van der Waals surface area contributed by atoms with Gasteiger partial charge in [-0.15, -0.1) is 0 Å². The van der Waals surface area contributed by atoms with Crippen LogP contribution in [-0.2, 0) is 7.05 Å². The van der Waals surface area contributed by atoms with Gasteiger partial charge in [0.15, 0.2) is 10.8 Å². The maximum atomic E-state index is 4.86. The van der Waals surface area contributed by atoms with Gasteiger partial charge in [0.25, 0.3) is 0 Å². The van der Waals surface area contributed by atoms with Crippen LogP contribution < -0.4 is 4.90 Å². The fourth-order valence-corrected chi connectivity index (χ4v) is 4.38. The molecule has 0 N–H and O–H groups in total. The third-order valence-corrected chi connectivity index (χ3v) is 5.54. The van der Waals surface area contributed by atoms with Crippen molar-refractivity contribution in [2.45, 2.75) is 32.2 Å². The standard InChI is InChI=1S/C16H19N5S/c1-11-14-15(20(2)19-11)18-16(22-14)21-9-4-3-7-13(21)12-6-5-8-17-10-12/h5-6,8,10,13H,3-4,7,9H2,1-2H3. The van der Waals surface area contributed by atoms with E-state index in [0.29, 0.717) is 6.04 Å². The van der Waals surface area contributed by atoms with Gasteiger partial charge in [-0.3, -0.25) is 4.98 Å². The highest BCUT2D eigenvalue weighted by atomic mass is 32.1. The monoisotopic (exact) mass is 313 g/mol. The van der Waals surface area contributed by atoms with Crippen LogP contribution in [0.1, 0.15) is 36.6 Å². The van der Waals surface area contributed by atoms with Crippen LogP contribution in [0, 0.1) is 6.92 Å². The summed E-state index contributed by atoms with van der Waals surface area (Å²) in [6.07, 6.45) is 7.48. The van der Waals surface area contributed by atoms with Crippen LogP contribution in [0.3, 0.4) is 0 Å². The van der Waals surface area contributed by atoms with E-state index in [2.05, 4.69) is 28.0 Å². The van der Waals surface area contributed by atoms with E-state index in [4.69, 9.17) is 4.98 Å². The van der Waals surface area contributed by atoms with Gasteiger partial charge in [-0.1, -0.05) is 17.4 Å². The van der Waals surface area contributed by atoms with Gasteiger partial charge in [-0.25, -0.2) is 9.67 Å². The van der Waals surface area contributed by atoms with E-state index >= 15 is 0 Å². The number of rotatable bonds is 2. The molecular formula is C16H19N5S. The molecule has 22 heavy (non-hydrogen) atoms. The molecule has 4 heterocycles. The Kier molecular flexibility index (Phi) is 3.33. The van der Waals surface area contributed by atoms with Crippen LogP contribution in [0.4, 0.5) is 5.13 Å². The zero-order valence-corrected chi connectivity index (χ0v) is 13.7. The number of anilines is 1. The average molecular weight is 313 g/mol. The van der Waals surface area contributed by atoms with Crippen LogP contribution in [0.5, 0.6) is 0 Å². The molecule has 0 bridgehead atoms. The molecule has 0 radical (unpaired) electrons. The Labute approximate surface area is 133 Å². The fourth-order valence-electron chi connectivity index (χ4n) is 3.28. The lowest BCUT2D eigenvalue weighted by molar-refractivity contribution is 0.472. The smallest absolute Gasteiger partial charge is 0.188 e. The third kappa shape index (κ3) is 2.18. The summed E-state index contributed by atoms with van der Waals surface area (Å²) in [7, 11) is 1.97. The van der Waals surface area contributed by atoms with Gasteiger partial charge in [-0.2, -0.15) is 5.10 Å². The van der Waals surface area contributed by atoms with E-state index < -0.39 is 0 Å². The van der Waals surface area contributed by atoms with Gasteiger partial charge in [0.2, 0.25) is 0 Å². The first kappa shape index (κ1) is 13.7. The van der Waals surface area contributed by atoms with Crippen molar-refractivity contribution in [1.82, 2.24) is 19.7 Å². The summed E-state index contributed by atoms with van der Waals surface area (Å²) in [5.41, 5.74) is 3.35. The largest absolute Gasteiger partial charge is 0.341 e. The Bertz CT molecular complexity index is 757. The maximum Gasteiger partial charge on any atom is 0.188 e. The number of piperidine rings is 1. The minimum absolute atomic E-state index is 0.385. The van der Waals surface area contributed by atoms with Crippen molar-refractivity contribution in [3.8, 4) is 0 Å². The van der Waals surface area contributed by atoms with Crippen molar-refractivity contribution >= 4 is 26.8 Å². The Morgan fingerprint density at radius 1 is 1.32 bits per heavy atom. The van der Waals surface area contributed by atoms with E-state index in [1.165, 1.54) is 29.5 Å². The number of aryl methyl sites for hydroxylation is 2. The van der Waals surface area contributed by atoms with Crippen molar-refractivity contribution in [1.29, 1.82) is 0 Å². The lowest BCUT2D eigenvalue weighted by Crippen LogP contribution is -2.33. The number of fused-ring (bicyclic) bond motifs is 1. The van der Waals surface area contributed by atoms with Crippen molar-refractivity contribution in [3.63, 3.8) is 0 Å². The average Bonchev–Trinajstić information content (AvgIpc) is 3.10. The Morgan fingerprint density at radius 2 is 2.23 bits per heavy atom. The molecule has 1 aliphatic heterocycles. The molecule has 4 rings (SSSR count). The summed E-state index contributed by atoms with van der Waals surface area (Å²) in [6, 6.07) is 4.58. The molecule has 0 aliphatic carbocycles. The topological polar surface area (TPSA) is 46.8 Å². The minimum Gasteiger partial charge on any atom is -0.341 e. The Morgan fingerprint density at radius 3 is 3.00 bits per heavy atom. The van der Waals surface area contributed by atoms with Crippen molar-refractivity contribution in [2.24, 2.45) is 7.05 Å². The molecular weight excluding hydrogens is 294 g/mol. The molecule has 114 valence electrons. The second kappa shape index (κ2) is 5.35. The van der Waals surface area contributed by atoms with Crippen LogP contribution in [0.25, 0.3) is 10.3 Å². The molecule has 0 spiro atoms. The zero-order valence-electron chi connectivity index (χ0n) is 12.9. The lowest BCUT2D eigenvalue weighted by atomic mass is 9.97.